The lowest BCUT2D eigenvalue weighted by Crippen LogP contribution is -2.40. The Morgan fingerprint density at radius 2 is 1.74 bits per heavy atom. The molecule has 8 nitrogen and oxygen atoms in total. The monoisotopic (exact) mass is 516 g/mol. The number of aliphatic hydroxyl groups excluding tert-OH is 1. The zero-order valence-corrected chi connectivity index (χ0v) is 22.4. The zero-order chi connectivity index (χ0) is 27.2. The average molecular weight is 517 g/mol. The summed E-state index contributed by atoms with van der Waals surface area (Å²) < 4.78 is 5.01. The Morgan fingerprint density at radius 1 is 1.08 bits per heavy atom. The van der Waals surface area contributed by atoms with Crippen LogP contribution < -0.4 is 16.0 Å². The van der Waals surface area contributed by atoms with E-state index in [0.29, 0.717) is 18.2 Å². The Kier molecular flexibility index (Phi) is 8.76. The molecule has 38 heavy (non-hydrogen) atoms. The highest BCUT2D eigenvalue weighted by Crippen LogP contribution is 2.42. The quantitative estimate of drug-likeness (QED) is 0.277. The highest BCUT2D eigenvalue weighted by atomic mass is 16.5. The van der Waals surface area contributed by atoms with Gasteiger partial charge in [-0.15, -0.1) is 0 Å². The first-order valence-electron chi connectivity index (χ1n) is 13.1. The minimum atomic E-state index is -0.808. The van der Waals surface area contributed by atoms with Gasteiger partial charge in [-0.05, 0) is 91.1 Å². The summed E-state index contributed by atoms with van der Waals surface area (Å²) in [7, 11) is 1.91. The number of rotatable bonds is 11. The molecule has 4 rings (SSSR count). The Labute approximate surface area is 223 Å². The summed E-state index contributed by atoms with van der Waals surface area (Å²) in [6.45, 7) is 6.06. The lowest BCUT2D eigenvalue weighted by molar-refractivity contribution is -0.146. The fraction of sp³-hybridized carbons (Fsp3) is 0.367. The molecular formula is C30H36N4O4. The van der Waals surface area contributed by atoms with Gasteiger partial charge in [0.05, 0.1) is 13.2 Å². The van der Waals surface area contributed by atoms with Gasteiger partial charge in [0.1, 0.15) is 11.7 Å². The van der Waals surface area contributed by atoms with Crippen molar-refractivity contribution in [1.29, 1.82) is 0 Å². The second-order valence-electron chi connectivity index (χ2n) is 9.57. The Hall–Kier alpha value is -3.75. The van der Waals surface area contributed by atoms with E-state index < -0.39 is 12.0 Å². The summed E-state index contributed by atoms with van der Waals surface area (Å²) in [5.41, 5.74) is 8.40. The van der Waals surface area contributed by atoms with E-state index in [4.69, 9.17) is 4.74 Å². The van der Waals surface area contributed by atoms with Gasteiger partial charge >= 0.3 is 5.97 Å². The van der Waals surface area contributed by atoms with E-state index in [1.807, 2.05) is 44.3 Å². The summed E-state index contributed by atoms with van der Waals surface area (Å²) in [4.78, 5) is 29.7. The van der Waals surface area contributed by atoms with Crippen LogP contribution in [0.15, 0.2) is 48.7 Å². The fourth-order valence-corrected chi connectivity index (χ4v) is 4.69. The van der Waals surface area contributed by atoms with E-state index in [2.05, 4.69) is 40.0 Å². The number of nitrogens with zero attached hydrogens (tertiary/aromatic N) is 1. The Morgan fingerprint density at radius 3 is 2.34 bits per heavy atom. The minimum Gasteiger partial charge on any atom is -0.465 e. The molecule has 1 fully saturated rings. The van der Waals surface area contributed by atoms with Gasteiger partial charge in [0.25, 0.3) is 5.91 Å². The van der Waals surface area contributed by atoms with Crippen LogP contribution in [0.2, 0.25) is 0 Å². The molecule has 0 radical (unpaired) electrons. The summed E-state index contributed by atoms with van der Waals surface area (Å²) in [6.07, 6.45) is 3.78. The second kappa shape index (κ2) is 12.2. The number of benzene rings is 2. The number of carbonyl (C=O) groups excluding carboxylic acids is 2. The first kappa shape index (κ1) is 27.3. The number of aromatic nitrogens is 1. The zero-order valence-electron chi connectivity index (χ0n) is 22.4. The predicted molar refractivity (Wildman–Crippen MR) is 149 cm³/mol. The highest BCUT2D eigenvalue weighted by molar-refractivity contribution is 6.04. The molecule has 4 N–H and O–H groups in total. The van der Waals surface area contributed by atoms with Crippen LogP contribution in [0.5, 0.6) is 0 Å². The molecule has 1 aliphatic rings. The maximum Gasteiger partial charge on any atom is 0.325 e. The van der Waals surface area contributed by atoms with Crippen molar-refractivity contribution < 1.29 is 19.4 Å². The number of hydrogen-bond donors (Lipinski definition) is 4. The third-order valence-corrected chi connectivity index (χ3v) is 7.04. The first-order chi connectivity index (χ1) is 18.4. The third-order valence-electron chi connectivity index (χ3n) is 7.04. The van der Waals surface area contributed by atoms with Crippen LogP contribution in [0, 0.1) is 13.8 Å². The Bertz CT molecular complexity index is 1320. The Balaban J connectivity index is 1.54. The van der Waals surface area contributed by atoms with Gasteiger partial charge in [-0.2, -0.15) is 0 Å². The van der Waals surface area contributed by atoms with Gasteiger partial charge in [0.15, 0.2) is 0 Å². The van der Waals surface area contributed by atoms with Crippen LogP contribution in [-0.4, -0.2) is 48.3 Å². The van der Waals surface area contributed by atoms with Crippen molar-refractivity contribution in [3.63, 3.8) is 0 Å². The molecule has 1 aromatic heterocycles. The van der Waals surface area contributed by atoms with Crippen LogP contribution >= 0.6 is 0 Å². The maximum absolute atomic E-state index is 13.3. The number of esters is 1. The molecule has 0 unspecified atom stereocenters. The highest BCUT2D eigenvalue weighted by Gasteiger charge is 2.28. The van der Waals surface area contributed by atoms with Crippen LogP contribution in [0.4, 0.5) is 11.4 Å². The third kappa shape index (κ3) is 6.03. The van der Waals surface area contributed by atoms with Crippen molar-refractivity contribution in [2.24, 2.45) is 0 Å². The number of aliphatic hydroxyl groups is 1. The van der Waals surface area contributed by atoms with Gasteiger partial charge in [-0.3, -0.25) is 19.9 Å². The number of hydrogen-bond acceptors (Lipinski definition) is 7. The van der Waals surface area contributed by atoms with E-state index in [9.17, 15) is 14.7 Å². The first-order valence-corrected chi connectivity index (χ1v) is 13.1. The maximum atomic E-state index is 13.3. The SMILES string of the molecule is CCOC(=O)[C@H](CO)NCc1cnc(C(=O)Nc2cccc(-c3cccc(NC)c3C)c2C)cc1C1CC1. The molecular weight excluding hydrogens is 480 g/mol. The van der Waals surface area contributed by atoms with E-state index in [1.165, 1.54) is 0 Å². The molecule has 0 bridgehead atoms. The summed E-state index contributed by atoms with van der Waals surface area (Å²) in [6, 6.07) is 13.1. The van der Waals surface area contributed by atoms with E-state index in [1.54, 1.807) is 13.1 Å². The van der Waals surface area contributed by atoms with Crippen LogP contribution in [0.3, 0.4) is 0 Å². The van der Waals surface area contributed by atoms with Gasteiger partial charge in [0, 0.05) is 31.2 Å². The van der Waals surface area contributed by atoms with Crippen LogP contribution in [-0.2, 0) is 16.1 Å². The van der Waals surface area contributed by atoms with Crippen molar-refractivity contribution >= 4 is 23.3 Å². The summed E-state index contributed by atoms with van der Waals surface area (Å²) in [5, 5.41) is 18.9. The second-order valence-corrected chi connectivity index (χ2v) is 9.57. The standard InChI is InChI=1S/C30H36N4O4/c1-5-38-30(37)28(17-35)33-16-21-15-32-27(14-24(21)20-12-13-20)29(36)34-26-11-7-9-23(19(26)3)22-8-6-10-25(31-4)18(22)2/h6-11,14-15,20,28,31,33,35H,5,12-13,16-17H2,1-4H3,(H,34,36)/t28-/m0/s1. The normalized spacial score (nSPS) is 13.6. The molecule has 1 saturated carbocycles. The van der Waals surface area contributed by atoms with E-state index in [0.717, 1.165) is 57.6 Å². The van der Waals surface area contributed by atoms with Gasteiger partial charge < -0.3 is 20.5 Å². The molecule has 1 amide bonds. The molecule has 3 aromatic rings. The number of anilines is 2. The molecule has 0 saturated heterocycles. The van der Waals surface area contributed by atoms with Gasteiger partial charge in [0.2, 0.25) is 0 Å². The number of amides is 1. The topological polar surface area (TPSA) is 113 Å². The van der Waals surface area contributed by atoms with Crippen LogP contribution in [0.25, 0.3) is 11.1 Å². The van der Waals surface area contributed by atoms with Gasteiger partial charge in [-0.1, -0.05) is 24.3 Å². The number of ether oxygens (including phenoxy) is 1. The predicted octanol–water partition coefficient (Wildman–Crippen LogP) is 4.55. The van der Waals surface area contributed by atoms with Crippen molar-refractivity contribution in [1.82, 2.24) is 10.3 Å². The molecule has 8 heteroatoms. The molecule has 0 spiro atoms. The molecule has 0 aliphatic heterocycles. The molecule has 1 aliphatic carbocycles. The van der Waals surface area contributed by atoms with E-state index >= 15 is 0 Å². The molecule has 2 aromatic carbocycles. The number of pyridine rings is 1. The summed E-state index contributed by atoms with van der Waals surface area (Å²) in [5.74, 6) is -0.395. The van der Waals surface area contributed by atoms with Crippen molar-refractivity contribution in [2.45, 2.75) is 52.1 Å². The average Bonchev–Trinajstić information content (AvgIpc) is 3.76. The minimum absolute atomic E-state index is 0.250. The molecule has 200 valence electrons. The number of nitrogens with one attached hydrogen (secondary N) is 3. The summed E-state index contributed by atoms with van der Waals surface area (Å²) >= 11 is 0. The fourth-order valence-electron chi connectivity index (χ4n) is 4.69. The molecule has 1 atom stereocenters. The van der Waals surface area contributed by atoms with Crippen LogP contribution in [0.1, 0.15) is 58.4 Å². The van der Waals surface area contributed by atoms with Crippen molar-refractivity contribution in [3.05, 3.63) is 76.6 Å². The smallest absolute Gasteiger partial charge is 0.325 e. The van der Waals surface area contributed by atoms with Crippen molar-refractivity contribution in [3.8, 4) is 11.1 Å². The van der Waals surface area contributed by atoms with E-state index in [-0.39, 0.29) is 19.1 Å². The largest absolute Gasteiger partial charge is 0.465 e. The number of carbonyl (C=O) groups is 2. The van der Waals surface area contributed by atoms with Crippen molar-refractivity contribution in [2.75, 3.05) is 30.9 Å². The van der Waals surface area contributed by atoms with Gasteiger partial charge in [-0.25, -0.2) is 0 Å². The lowest BCUT2D eigenvalue weighted by Gasteiger charge is -2.17. The lowest BCUT2D eigenvalue weighted by atomic mass is 9.94. The molecule has 1 heterocycles.